The zero-order valence-corrected chi connectivity index (χ0v) is 23.6. The maximum absolute atomic E-state index is 14.6. The van der Waals surface area contributed by atoms with Crippen molar-refractivity contribution in [3.63, 3.8) is 0 Å². The number of alkyl halides is 1. The summed E-state index contributed by atoms with van der Waals surface area (Å²) < 4.78 is 48.1. The van der Waals surface area contributed by atoms with Gasteiger partial charge in [0.2, 0.25) is 0 Å². The van der Waals surface area contributed by atoms with Crippen molar-refractivity contribution in [1.29, 1.82) is 0 Å². The number of anilines is 1. The summed E-state index contributed by atoms with van der Waals surface area (Å²) in [6.45, 7) is -1.14. The molecule has 1 aromatic heterocycles. The van der Waals surface area contributed by atoms with E-state index in [4.69, 9.17) is 24.3 Å². The molecule has 15 nitrogen and oxygen atoms in total. The summed E-state index contributed by atoms with van der Waals surface area (Å²) >= 11 is 0.854. The minimum absolute atomic E-state index is 0.0357. The molecule has 3 unspecified atom stereocenters. The Morgan fingerprint density at radius 2 is 1.82 bits per heavy atom. The Morgan fingerprint density at radius 1 is 1.13 bits per heavy atom. The number of nitrogens with two attached hydrogens (primary N) is 1. The van der Waals surface area contributed by atoms with Crippen LogP contribution in [0.4, 0.5) is 10.2 Å². The number of halogens is 1. The van der Waals surface area contributed by atoms with Gasteiger partial charge in [0.15, 0.2) is 12.5 Å². The second-order valence-electron chi connectivity index (χ2n) is 8.35. The third-order valence-electron chi connectivity index (χ3n) is 5.62. The number of phosphoric ester groups is 1. The summed E-state index contributed by atoms with van der Waals surface area (Å²) in [5.41, 5.74) is 4.64. The first-order valence-corrected chi connectivity index (χ1v) is 16.5. The van der Waals surface area contributed by atoms with Gasteiger partial charge < -0.3 is 45.6 Å². The molecular formula is C19H31FN3O12PS3. The number of nitrogen functional groups attached to an aromatic ring is 1. The summed E-state index contributed by atoms with van der Waals surface area (Å²) in [6.07, 6.45) is -8.96. The molecule has 20 heteroatoms. The zero-order valence-electron chi connectivity index (χ0n) is 20.2. The number of aromatic nitrogens is 2. The molecule has 0 aromatic carbocycles. The van der Waals surface area contributed by atoms with Crippen LogP contribution in [0, 0.1) is 0 Å². The fraction of sp³-hybridized carbons (Fsp3) is 0.789. The van der Waals surface area contributed by atoms with Crippen LogP contribution < -0.4 is 11.4 Å². The highest BCUT2D eigenvalue weighted by molar-refractivity contribution is 8.76. The number of nitrogens with zero attached hydrogens (tertiary/aromatic N) is 2. The number of hydrogen-bond acceptors (Lipinski definition) is 16. The van der Waals surface area contributed by atoms with E-state index in [0.29, 0.717) is 5.75 Å². The molecule has 2 fully saturated rings. The zero-order chi connectivity index (χ0) is 28.7. The Hall–Kier alpha value is -0.510. The number of phosphoric acid groups is 1. The predicted molar refractivity (Wildman–Crippen MR) is 141 cm³/mol. The molecule has 2 aliphatic rings. The van der Waals surface area contributed by atoms with E-state index >= 15 is 0 Å². The van der Waals surface area contributed by atoms with E-state index in [9.17, 15) is 44.2 Å². The molecule has 0 aliphatic carbocycles. The van der Waals surface area contributed by atoms with Crippen LogP contribution in [-0.2, 0) is 23.1 Å². The number of hydrogen-bond donors (Lipinski definition) is 7. The highest BCUT2D eigenvalue weighted by Crippen LogP contribution is 2.48. The predicted octanol–water partition coefficient (Wildman–Crippen LogP) is -1.53. The van der Waals surface area contributed by atoms with E-state index in [-0.39, 0.29) is 24.8 Å². The lowest BCUT2D eigenvalue weighted by atomic mass is 9.99. The largest absolute Gasteiger partial charge is 0.472 e. The van der Waals surface area contributed by atoms with E-state index in [1.807, 2.05) is 0 Å². The monoisotopic (exact) mass is 639 g/mol. The average Bonchev–Trinajstić information content (AvgIpc) is 3.17. The van der Waals surface area contributed by atoms with Crippen molar-refractivity contribution < 1.29 is 57.9 Å². The fourth-order valence-electron chi connectivity index (χ4n) is 3.60. The smallest absolute Gasteiger partial charge is 0.394 e. The van der Waals surface area contributed by atoms with Crippen molar-refractivity contribution in [3.8, 4) is 0 Å². The van der Waals surface area contributed by atoms with Gasteiger partial charge in [0.1, 0.15) is 41.7 Å². The van der Waals surface area contributed by atoms with Gasteiger partial charge >= 0.3 is 13.5 Å². The third kappa shape index (κ3) is 8.99. The Labute approximate surface area is 234 Å². The van der Waals surface area contributed by atoms with Gasteiger partial charge in [0, 0.05) is 17.7 Å². The Bertz CT molecular complexity index is 1030. The van der Waals surface area contributed by atoms with Gasteiger partial charge in [-0.15, -0.1) is 11.8 Å². The first-order chi connectivity index (χ1) is 18.4. The van der Waals surface area contributed by atoms with Crippen molar-refractivity contribution in [2.75, 3.05) is 43.7 Å². The second kappa shape index (κ2) is 15.1. The Kier molecular flexibility index (Phi) is 12.8. The molecule has 0 bridgehead atoms. The molecule has 224 valence electrons. The summed E-state index contributed by atoms with van der Waals surface area (Å²) in [4.78, 5) is 25.4. The molecule has 1 aromatic rings. The average molecular weight is 640 g/mol. The van der Waals surface area contributed by atoms with Crippen LogP contribution in [0.1, 0.15) is 5.37 Å². The maximum Gasteiger partial charge on any atom is 0.472 e. The van der Waals surface area contributed by atoms with E-state index in [1.54, 1.807) is 0 Å². The molecule has 3 rings (SSSR count). The van der Waals surface area contributed by atoms with E-state index in [0.717, 1.165) is 16.3 Å². The van der Waals surface area contributed by atoms with Crippen molar-refractivity contribution in [3.05, 3.63) is 22.7 Å². The molecule has 39 heavy (non-hydrogen) atoms. The quantitative estimate of drug-likeness (QED) is 0.0694. The summed E-state index contributed by atoms with van der Waals surface area (Å²) in [5, 5.41) is 46.7. The van der Waals surface area contributed by atoms with Crippen molar-refractivity contribution >= 4 is 47.0 Å². The lowest BCUT2D eigenvalue weighted by Gasteiger charge is -2.39. The molecule has 2 aliphatic heterocycles. The van der Waals surface area contributed by atoms with Crippen molar-refractivity contribution in [2.45, 2.75) is 53.6 Å². The lowest BCUT2D eigenvalue weighted by Crippen LogP contribution is -2.59. The van der Waals surface area contributed by atoms with Crippen LogP contribution in [0.3, 0.4) is 0 Å². The normalized spacial score (nSPS) is 34.7. The number of rotatable bonds is 14. The van der Waals surface area contributed by atoms with Crippen LogP contribution in [-0.4, -0.2) is 126 Å². The van der Waals surface area contributed by atoms with Gasteiger partial charge in [-0.25, -0.2) is 13.8 Å². The highest BCUT2D eigenvalue weighted by Gasteiger charge is 2.46. The van der Waals surface area contributed by atoms with Gasteiger partial charge in [0.05, 0.1) is 31.7 Å². The Morgan fingerprint density at radius 3 is 2.49 bits per heavy atom. The molecule has 2 saturated heterocycles. The van der Waals surface area contributed by atoms with Crippen LogP contribution in [0.25, 0.3) is 0 Å². The number of ether oxygens (including phenoxy) is 2. The molecule has 0 spiro atoms. The topological polar surface area (TPSA) is 236 Å². The summed E-state index contributed by atoms with van der Waals surface area (Å²) in [6, 6.07) is 1.31. The second-order valence-corrected chi connectivity index (χ2v) is 13.9. The van der Waals surface area contributed by atoms with Gasteiger partial charge in [-0.05, 0) is 6.07 Å². The van der Waals surface area contributed by atoms with Crippen molar-refractivity contribution in [2.24, 2.45) is 0 Å². The molecule has 8 N–H and O–H groups in total. The van der Waals surface area contributed by atoms with E-state index < -0.39 is 80.3 Å². The highest BCUT2D eigenvalue weighted by atomic mass is 33.1. The third-order valence-corrected chi connectivity index (χ3v) is 10.5. The molecule has 0 amide bonds. The number of thioether (sulfide) groups is 1. The maximum atomic E-state index is 14.6. The number of aliphatic hydroxyl groups is 5. The molecule has 3 heterocycles. The van der Waals surface area contributed by atoms with Gasteiger partial charge in [-0.1, -0.05) is 21.6 Å². The summed E-state index contributed by atoms with van der Waals surface area (Å²) in [7, 11) is -1.91. The number of aliphatic hydroxyl groups excluding tert-OH is 5. The first kappa shape index (κ1) is 33.0. The van der Waals surface area contributed by atoms with E-state index in [1.165, 1.54) is 33.9 Å². The molecule has 10 atom stereocenters. The van der Waals surface area contributed by atoms with Crippen molar-refractivity contribution in [1.82, 2.24) is 9.55 Å². The standard InChI is InChI=1S/C19H31FN3O12PS3/c20-12-14(26)10(39-17(12)23-2-1-11(21)22-19(23)29)8-34-36(30,31)33-4-6-38-37-5-3-32-18-16(28)15(27)13(25)9(7-24)35-18/h1-2,9-10,12-18,24-28H,3-8H2,(H,30,31)(H2,21,22,29)/t9?,10-,12+,13-,14-,15?,16+,17-,18-/m1/s1. The molecular weight excluding hydrogens is 608 g/mol. The lowest BCUT2D eigenvalue weighted by molar-refractivity contribution is -0.299. The van der Waals surface area contributed by atoms with Gasteiger partial charge in [0.25, 0.3) is 0 Å². The van der Waals surface area contributed by atoms with Gasteiger partial charge in [-0.3, -0.25) is 13.6 Å². The Balaban J connectivity index is 1.30. The van der Waals surface area contributed by atoms with Crippen LogP contribution >= 0.6 is 41.2 Å². The molecule has 0 saturated carbocycles. The molecule has 0 radical (unpaired) electrons. The van der Waals surface area contributed by atoms with Crippen LogP contribution in [0.15, 0.2) is 17.1 Å². The van der Waals surface area contributed by atoms with E-state index in [2.05, 4.69) is 4.98 Å². The van der Waals surface area contributed by atoms with Crippen LogP contribution in [0.5, 0.6) is 0 Å². The SMILES string of the molecule is Nc1ccn([C@@H]2S[C@H](COP(=O)(O)OCCSSCCO[C@@H]3OC(CO)[C@@H](O)C(O)[C@@H]3O)[C@@H](O)[C@@H]2F)c(=O)n1. The minimum Gasteiger partial charge on any atom is -0.394 e. The minimum atomic E-state index is -4.51. The van der Waals surface area contributed by atoms with Gasteiger partial charge in [-0.2, -0.15) is 4.98 Å². The fourth-order valence-corrected chi connectivity index (χ4v) is 7.65. The van der Waals surface area contributed by atoms with Crippen LogP contribution in [0.2, 0.25) is 0 Å². The summed E-state index contributed by atoms with van der Waals surface area (Å²) in [5.74, 6) is 0.648. The first-order valence-electron chi connectivity index (χ1n) is 11.6.